The molecule has 0 spiro atoms. The maximum absolute atomic E-state index is 12.1. The fraction of sp³-hybridized carbons (Fsp3) is 0.267. The van der Waals surface area contributed by atoms with Crippen molar-refractivity contribution in [2.45, 2.75) is 13.0 Å². The molecule has 1 aromatic carbocycles. The number of aromatic nitrogens is 1. The van der Waals surface area contributed by atoms with E-state index in [1.165, 1.54) is 6.20 Å². The number of hydrogen-bond acceptors (Lipinski definition) is 5. The third-order valence-electron chi connectivity index (χ3n) is 2.91. The molecule has 0 radical (unpaired) electrons. The molecule has 110 valence electrons. The second-order valence-corrected chi connectivity index (χ2v) is 4.38. The van der Waals surface area contributed by atoms with Crippen LogP contribution in [-0.2, 0) is 9.53 Å². The van der Waals surface area contributed by atoms with E-state index < -0.39 is 24.5 Å². The maximum atomic E-state index is 12.1. The first-order valence-corrected chi connectivity index (χ1v) is 6.59. The summed E-state index contributed by atoms with van der Waals surface area (Å²) < 4.78 is 4.77. The van der Waals surface area contributed by atoms with Crippen molar-refractivity contribution < 1.29 is 19.4 Å². The lowest BCUT2D eigenvalue weighted by Gasteiger charge is -2.14. The largest absolute Gasteiger partial charge is 0.464 e. The molecule has 0 bridgehead atoms. The molecular formula is C15H16N2O4. The molecule has 0 saturated carbocycles. The van der Waals surface area contributed by atoms with Crippen LogP contribution in [0.5, 0.6) is 0 Å². The number of ether oxygens (including phenoxy) is 1. The van der Waals surface area contributed by atoms with Gasteiger partial charge < -0.3 is 15.2 Å². The molecule has 0 aliphatic heterocycles. The summed E-state index contributed by atoms with van der Waals surface area (Å²) in [6.45, 7) is 1.32. The van der Waals surface area contributed by atoms with Gasteiger partial charge in [0.2, 0.25) is 0 Å². The van der Waals surface area contributed by atoms with Gasteiger partial charge in [0.15, 0.2) is 6.04 Å². The van der Waals surface area contributed by atoms with Crippen molar-refractivity contribution in [3.05, 3.63) is 42.1 Å². The Bertz CT molecular complexity index is 657. The summed E-state index contributed by atoms with van der Waals surface area (Å²) >= 11 is 0. The Kier molecular flexibility index (Phi) is 4.84. The quantitative estimate of drug-likeness (QED) is 0.798. The Morgan fingerprint density at radius 2 is 2.14 bits per heavy atom. The van der Waals surface area contributed by atoms with E-state index in [4.69, 9.17) is 9.84 Å². The monoisotopic (exact) mass is 288 g/mol. The first kappa shape index (κ1) is 14.9. The average molecular weight is 288 g/mol. The molecule has 0 saturated heterocycles. The van der Waals surface area contributed by atoms with Gasteiger partial charge in [-0.05, 0) is 19.1 Å². The summed E-state index contributed by atoms with van der Waals surface area (Å²) in [6.07, 6.45) is 1.43. The summed E-state index contributed by atoms with van der Waals surface area (Å²) in [6, 6.07) is 7.99. The van der Waals surface area contributed by atoms with Crippen LogP contribution in [0.4, 0.5) is 0 Å². The Morgan fingerprint density at radius 1 is 1.38 bits per heavy atom. The van der Waals surface area contributed by atoms with Crippen molar-refractivity contribution >= 4 is 22.8 Å². The zero-order valence-corrected chi connectivity index (χ0v) is 11.6. The third kappa shape index (κ3) is 3.55. The van der Waals surface area contributed by atoms with Crippen molar-refractivity contribution in [2.24, 2.45) is 0 Å². The predicted molar refractivity (Wildman–Crippen MR) is 76.7 cm³/mol. The number of carbonyl (C=O) groups excluding carboxylic acids is 2. The average Bonchev–Trinajstić information content (AvgIpc) is 2.52. The van der Waals surface area contributed by atoms with Gasteiger partial charge in [-0.25, -0.2) is 4.79 Å². The van der Waals surface area contributed by atoms with Crippen LogP contribution in [0.25, 0.3) is 10.9 Å². The molecule has 0 unspecified atom stereocenters. The highest BCUT2D eigenvalue weighted by atomic mass is 16.5. The van der Waals surface area contributed by atoms with Crippen molar-refractivity contribution in [3.63, 3.8) is 0 Å². The second kappa shape index (κ2) is 6.81. The standard InChI is InChI=1S/C15H16N2O4/c1-2-21-15(20)13(9-18)17-14(19)11-7-10-5-3-4-6-12(10)16-8-11/h3-8,13,18H,2,9H2,1H3,(H,17,19)/t13-/m1/s1. The molecule has 2 rings (SSSR count). The smallest absolute Gasteiger partial charge is 0.331 e. The van der Waals surface area contributed by atoms with E-state index in [2.05, 4.69) is 10.3 Å². The Balaban J connectivity index is 2.15. The van der Waals surface area contributed by atoms with E-state index >= 15 is 0 Å². The highest BCUT2D eigenvalue weighted by Gasteiger charge is 2.21. The topological polar surface area (TPSA) is 88.5 Å². The SMILES string of the molecule is CCOC(=O)[C@@H](CO)NC(=O)c1cnc2ccccc2c1. The van der Waals surface area contributed by atoms with Gasteiger partial charge in [0.05, 0.1) is 24.3 Å². The van der Waals surface area contributed by atoms with Crippen LogP contribution >= 0.6 is 0 Å². The van der Waals surface area contributed by atoms with Crippen molar-refractivity contribution in [2.75, 3.05) is 13.2 Å². The van der Waals surface area contributed by atoms with E-state index in [1.54, 1.807) is 13.0 Å². The van der Waals surface area contributed by atoms with Gasteiger partial charge >= 0.3 is 5.97 Å². The molecule has 1 aromatic heterocycles. The van der Waals surface area contributed by atoms with E-state index in [0.717, 1.165) is 10.9 Å². The molecular weight excluding hydrogens is 272 g/mol. The Hall–Kier alpha value is -2.47. The third-order valence-corrected chi connectivity index (χ3v) is 2.91. The lowest BCUT2D eigenvalue weighted by atomic mass is 10.1. The number of para-hydroxylation sites is 1. The van der Waals surface area contributed by atoms with Gasteiger partial charge in [-0.1, -0.05) is 18.2 Å². The minimum absolute atomic E-state index is 0.183. The zero-order valence-electron chi connectivity index (χ0n) is 11.6. The molecule has 6 nitrogen and oxygen atoms in total. The lowest BCUT2D eigenvalue weighted by Crippen LogP contribution is -2.44. The molecule has 6 heteroatoms. The van der Waals surface area contributed by atoms with Crippen LogP contribution in [-0.4, -0.2) is 41.2 Å². The number of aliphatic hydroxyl groups excluding tert-OH is 1. The predicted octanol–water partition coefficient (Wildman–Crippen LogP) is 0.889. The molecule has 2 aromatic rings. The van der Waals surface area contributed by atoms with Crippen LogP contribution in [0, 0.1) is 0 Å². The van der Waals surface area contributed by atoms with Crippen molar-refractivity contribution in [1.29, 1.82) is 0 Å². The number of nitrogens with zero attached hydrogens (tertiary/aromatic N) is 1. The summed E-state index contributed by atoms with van der Waals surface area (Å²) in [5.41, 5.74) is 1.09. The molecule has 2 N–H and O–H groups in total. The lowest BCUT2D eigenvalue weighted by molar-refractivity contribution is -0.146. The first-order valence-electron chi connectivity index (χ1n) is 6.59. The molecule has 0 aliphatic rings. The molecule has 21 heavy (non-hydrogen) atoms. The molecule has 0 fully saturated rings. The van der Waals surface area contributed by atoms with E-state index in [9.17, 15) is 9.59 Å². The van der Waals surface area contributed by atoms with Crippen molar-refractivity contribution in [3.8, 4) is 0 Å². The second-order valence-electron chi connectivity index (χ2n) is 4.38. The zero-order chi connectivity index (χ0) is 15.2. The molecule has 1 atom stereocenters. The number of carbonyl (C=O) groups is 2. The molecule has 1 amide bonds. The normalized spacial score (nSPS) is 11.9. The fourth-order valence-corrected chi connectivity index (χ4v) is 1.86. The van der Waals surface area contributed by atoms with E-state index in [1.807, 2.05) is 24.3 Å². The number of fused-ring (bicyclic) bond motifs is 1. The first-order chi connectivity index (χ1) is 10.2. The number of pyridine rings is 1. The number of esters is 1. The van der Waals surface area contributed by atoms with Crippen molar-refractivity contribution in [1.82, 2.24) is 10.3 Å². The molecule has 1 heterocycles. The van der Waals surface area contributed by atoms with E-state index in [0.29, 0.717) is 5.56 Å². The Labute approximate surface area is 121 Å². The number of hydrogen-bond donors (Lipinski definition) is 2. The number of rotatable bonds is 5. The minimum atomic E-state index is -1.08. The number of nitrogens with one attached hydrogen (secondary N) is 1. The van der Waals surface area contributed by atoms with Gasteiger partial charge in [-0.15, -0.1) is 0 Å². The van der Waals surface area contributed by atoms with Gasteiger partial charge in [-0.2, -0.15) is 0 Å². The van der Waals surface area contributed by atoms with Gasteiger partial charge in [0.1, 0.15) is 0 Å². The highest BCUT2D eigenvalue weighted by molar-refractivity contribution is 5.99. The van der Waals surface area contributed by atoms with Crippen LogP contribution in [0.3, 0.4) is 0 Å². The van der Waals surface area contributed by atoms with Crippen LogP contribution in [0.2, 0.25) is 0 Å². The number of benzene rings is 1. The Morgan fingerprint density at radius 3 is 2.86 bits per heavy atom. The van der Waals surface area contributed by atoms with Crippen LogP contribution in [0.15, 0.2) is 36.5 Å². The van der Waals surface area contributed by atoms with E-state index in [-0.39, 0.29) is 6.61 Å². The fourth-order valence-electron chi connectivity index (χ4n) is 1.86. The summed E-state index contributed by atoms with van der Waals surface area (Å²) in [4.78, 5) is 27.8. The molecule has 0 aliphatic carbocycles. The summed E-state index contributed by atoms with van der Waals surface area (Å²) in [5.74, 6) is -1.15. The summed E-state index contributed by atoms with van der Waals surface area (Å²) in [7, 11) is 0. The van der Waals surface area contributed by atoms with Gasteiger partial charge in [0, 0.05) is 11.6 Å². The van der Waals surface area contributed by atoms with Crippen LogP contribution < -0.4 is 5.32 Å². The minimum Gasteiger partial charge on any atom is -0.464 e. The maximum Gasteiger partial charge on any atom is 0.331 e. The van der Waals surface area contributed by atoms with Gasteiger partial charge in [0.25, 0.3) is 5.91 Å². The van der Waals surface area contributed by atoms with Crippen LogP contribution in [0.1, 0.15) is 17.3 Å². The highest BCUT2D eigenvalue weighted by Crippen LogP contribution is 2.12. The number of aliphatic hydroxyl groups is 1. The summed E-state index contributed by atoms with van der Waals surface area (Å²) in [5, 5.41) is 12.4. The van der Waals surface area contributed by atoms with Gasteiger partial charge in [-0.3, -0.25) is 9.78 Å². The number of amides is 1.